The summed E-state index contributed by atoms with van der Waals surface area (Å²) in [5.41, 5.74) is 0.595. The number of anilines is 3. The number of benzene rings is 1. The van der Waals surface area contributed by atoms with Crippen LogP contribution in [0.3, 0.4) is 0 Å². The summed E-state index contributed by atoms with van der Waals surface area (Å²) in [4.78, 5) is 39.5. The summed E-state index contributed by atoms with van der Waals surface area (Å²) in [5, 5.41) is 11.9. The molecule has 3 heterocycles. The summed E-state index contributed by atoms with van der Waals surface area (Å²) in [5.74, 6) is -0.173. The first-order valence-corrected chi connectivity index (χ1v) is 14.3. The Balaban J connectivity index is 1.70. The smallest absolute Gasteiger partial charge is 0.422 e. The first-order chi connectivity index (χ1) is 19.9. The molecule has 0 atom stereocenters. The molecule has 2 aliphatic heterocycles. The van der Waals surface area contributed by atoms with Crippen LogP contribution in [0.2, 0.25) is 0 Å². The van der Waals surface area contributed by atoms with E-state index in [4.69, 9.17) is 4.74 Å². The molecule has 42 heavy (non-hydrogen) atoms. The number of carbonyl (C=O) groups is 2. The van der Waals surface area contributed by atoms with Crippen LogP contribution in [-0.4, -0.2) is 76.3 Å². The van der Waals surface area contributed by atoms with Crippen molar-refractivity contribution in [2.75, 3.05) is 43.4 Å². The van der Waals surface area contributed by atoms with Crippen molar-refractivity contribution in [1.82, 2.24) is 30.5 Å². The average Bonchev–Trinajstić information content (AvgIpc) is 2.90. The first kappa shape index (κ1) is 32.7. The number of hydrogen-bond donors (Lipinski definition) is 4. The molecule has 4 rings (SSSR count). The van der Waals surface area contributed by atoms with Gasteiger partial charge in [-0.3, -0.25) is 4.79 Å². The van der Waals surface area contributed by atoms with Gasteiger partial charge in [-0.2, -0.15) is 28.1 Å². The van der Waals surface area contributed by atoms with Crippen LogP contribution in [0.4, 0.5) is 35.5 Å². The number of amides is 3. The Morgan fingerprint density at radius 1 is 0.881 bits per heavy atom. The summed E-state index contributed by atoms with van der Waals surface area (Å²) < 4.78 is 42.9. The van der Waals surface area contributed by atoms with Crippen LogP contribution in [0.5, 0.6) is 6.01 Å². The number of nitrogens with one attached hydrogen (secondary N) is 4. The maximum atomic E-state index is 12.8. The van der Waals surface area contributed by atoms with Crippen LogP contribution < -0.4 is 26.0 Å². The predicted octanol–water partition coefficient (Wildman–Crippen LogP) is 5.25. The van der Waals surface area contributed by atoms with E-state index in [1.165, 1.54) is 0 Å². The molecule has 0 unspecified atom stereocenters. The SMILES string of the molecule is CC(C)(C)NC(=O)N1CCCCCCCCNc2nc(nc(OCC(F)(F)F)n2)Nc2ccc(cc2)C(=O)NCCC1. The molecule has 1 aromatic heterocycles. The van der Waals surface area contributed by atoms with Crippen LogP contribution in [0, 0.1) is 0 Å². The van der Waals surface area contributed by atoms with E-state index >= 15 is 0 Å². The van der Waals surface area contributed by atoms with Crippen molar-refractivity contribution < 1.29 is 27.5 Å². The monoisotopic (exact) mass is 594 g/mol. The number of rotatable bonds is 2. The fourth-order valence-electron chi connectivity index (χ4n) is 4.16. The quantitative estimate of drug-likeness (QED) is 0.371. The van der Waals surface area contributed by atoms with Crippen molar-refractivity contribution in [2.45, 2.75) is 77.4 Å². The number of carbonyl (C=O) groups excluding carboxylic acids is 2. The molecule has 2 aliphatic rings. The van der Waals surface area contributed by atoms with Crippen molar-refractivity contribution in [2.24, 2.45) is 0 Å². The van der Waals surface area contributed by atoms with Gasteiger partial charge in [0.15, 0.2) is 6.61 Å². The molecule has 0 aliphatic carbocycles. The van der Waals surface area contributed by atoms with Gasteiger partial charge in [-0.05, 0) is 64.3 Å². The van der Waals surface area contributed by atoms with Crippen LogP contribution in [-0.2, 0) is 0 Å². The fourth-order valence-corrected chi connectivity index (χ4v) is 4.16. The van der Waals surface area contributed by atoms with Gasteiger partial charge in [0, 0.05) is 43.0 Å². The van der Waals surface area contributed by atoms with Crippen LogP contribution >= 0.6 is 0 Å². The molecule has 2 aromatic rings. The Morgan fingerprint density at radius 2 is 1.50 bits per heavy atom. The van der Waals surface area contributed by atoms with E-state index in [-0.39, 0.29) is 29.4 Å². The Hall–Kier alpha value is -3.84. The highest BCUT2D eigenvalue weighted by Crippen LogP contribution is 2.20. The van der Waals surface area contributed by atoms with E-state index < -0.39 is 18.8 Å². The van der Waals surface area contributed by atoms with Gasteiger partial charge in [-0.25, -0.2) is 4.79 Å². The standard InChI is InChI=1S/C28H41F3N8O3/c1-27(2,3)38-26(41)39-17-9-7-5-4-6-8-15-33-23-35-24(37-25(36-23)42-19-28(29,30)31)34-21-13-11-20(12-14-21)22(40)32-16-10-18-39/h11-14H,4-10,15-19H2,1-3H3,(H,32,40)(H,38,41)(H2,33,34,35,36,37). The molecule has 232 valence electrons. The largest absolute Gasteiger partial charge is 0.454 e. The van der Waals surface area contributed by atoms with E-state index in [1.54, 1.807) is 24.3 Å². The minimum absolute atomic E-state index is 0.000296. The van der Waals surface area contributed by atoms with E-state index in [9.17, 15) is 22.8 Å². The molecule has 1 aromatic carbocycles. The van der Waals surface area contributed by atoms with Crippen molar-refractivity contribution in [3.63, 3.8) is 0 Å². The van der Waals surface area contributed by atoms with E-state index in [1.807, 2.05) is 25.7 Å². The molecular weight excluding hydrogens is 553 g/mol. The predicted molar refractivity (Wildman–Crippen MR) is 154 cm³/mol. The molecule has 0 saturated heterocycles. The second-order valence-corrected chi connectivity index (χ2v) is 11.2. The van der Waals surface area contributed by atoms with Crippen molar-refractivity contribution >= 4 is 29.5 Å². The topological polar surface area (TPSA) is 133 Å². The minimum Gasteiger partial charge on any atom is -0.454 e. The second kappa shape index (κ2) is 15.4. The van der Waals surface area contributed by atoms with Gasteiger partial charge in [0.2, 0.25) is 11.9 Å². The van der Waals surface area contributed by atoms with E-state index in [0.29, 0.717) is 43.9 Å². The number of halogens is 3. The molecule has 0 fully saturated rings. The molecule has 3 amide bonds. The van der Waals surface area contributed by atoms with Crippen LogP contribution in [0.25, 0.3) is 0 Å². The zero-order chi connectivity index (χ0) is 30.6. The van der Waals surface area contributed by atoms with Gasteiger partial charge < -0.3 is 30.9 Å². The van der Waals surface area contributed by atoms with E-state index in [2.05, 4.69) is 36.2 Å². The number of urea groups is 1. The maximum Gasteiger partial charge on any atom is 0.422 e. The third-order valence-electron chi connectivity index (χ3n) is 6.18. The third kappa shape index (κ3) is 12.4. The van der Waals surface area contributed by atoms with Crippen LogP contribution in [0.15, 0.2) is 24.3 Å². The Bertz CT molecular complexity index is 1160. The number of nitrogens with zero attached hydrogens (tertiary/aromatic N) is 4. The number of alkyl halides is 3. The minimum atomic E-state index is -4.54. The summed E-state index contributed by atoms with van der Waals surface area (Å²) in [6, 6.07) is 5.92. The summed E-state index contributed by atoms with van der Waals surface area (Å²) in [6.07, 6.45) is 1.68. The highest BCUT2D eigenvalue weighted by molar-refractivity contribution is 5.94. The summed E-state index contributed by atoms with van der Waals surface area (Å²) >= 11 is 0. The lowest BCUT2D eigenvalue weighted by molar-refractivity contribution is -0.154. The van der Waals surface area contributed by atoms with Gasteiger partial charge in [0.1, 0.15) is 0 Å². The van der Waals surface area contributed by atoms with Crippen molar-refractivity contribution in [1.29, 1.82) is 0 Å². The fraction of sp³-hybridized carbons (Fsp3) is 0.607. The van der Waals surface area contributed by atoms with Gasteiger partial charge in [0.25, 0.3) is 5.91 Å². The number of ether oxygens (including phenoxy) is 1. The average molecular weight is 595 g/mol. The zero-order valence-electron chi connectivity index (χ0n) is 24.4. The lowest BCUT2D eigenvalue weighted by Gasteiger charge is -2.28. The molecular formula is C28H41F3N8O3. The first-order valence-electron chi connectivity index (χ1n) is 14.3. The van der Waals surface area contributed by atoms with Crippen molar-refractivity contribution in [3.05, 3.63) is 29.8 Å². The molecule has 11 nitrogen and oxygen atoms in total. The molecule has 0 spiro atoms. The molecule has 0 radical (unpaired) electrons. The molecule has 4 N–H and O–H groups in total. The highest BCUT2D eigenvalue weighted by atomic mass is 19.4. The van der Waals surface area contributed by atoms with Gasteiger partial charge in [-0.15, -0.1) is 0 Å². The van der Waals surface area contributed by atoms with Crippen LogP contribution in [0.1, 0.15) is 76.1 Å². The summed E-state index contributed by atoms with van der Waals surface area (Å²) in [6.45, 7) is 6.38. The molecule has 0 saturated carbocycles. The highest BCUT2D eigenvalue weighted by Gasteiger charge is 2.29. The second-order valence-electron chi connectivity index (χ2n) is 11.2. The Kier molecular flexibility index (Phi) is 12.0. The van der Waals surface area contributed by atoms with Gasteiger partial charge >= 0.3 is 18.2 Å². The molecule has 4 bridgehead atoms. The third-order valence-corrected chi connectivity index (χ3v) is 6.18. The number of fused-ring (bicyclic) bond motifs is 16. The Labute approximate surface area is 244 Å². The number of hydrogen-bond acceptors (Lipinski definition) is 8. The van der Waals surface area contributed by atoms with Gasteiger partial charge in [-0.1, -0.05) is 25.7 Å². The maximum absolute atomic E-state index is 12.8. The Morgan fingerprint density at radius 3 is 2.19 bits per heavy atom. The normalized spacial score (nSPS) is 16.5. The van der Waals surface area contributed by atoms with Gasteiger partial charge in [0.05, 0.1) is 0 Å². The lowest BCUT2D eigenvalue weighted by atomic mass is 10.1. The lowest BCUT2D eigenvalue weighted by Crippen LogP contribution is -2.49. The summed E-state index contributed by atoms with van der Waals surface area (Å²) in [7, 11) is 0. The van der Waals surface area contributed by atoms with E-state index in [0.717, 1.165) is 38.5 Å². The van der Waals surface area contributed by atoms with Crippen molar-refractivity contribution in [3.8, 4) is 6.01 Å². The molecule has 14 heteroatoms. The zero-order valence-corrected chi connectivity index (χ0v) is 24.4. The number of aromatic nitrogens is 3.